The summed E-state index contributed by atoms with van der Waals surface area (Å²) in [5, 5.41) is 0. The van der Waals surface area contributed by atoms with Gasteiger partial charge in [-0.05, 0) is 37.1 Å². The molecule has 2 amide bonds. The number of imide groups is 1. The standard InChI is InChI=1S/C14H16BrNO3/c15-11-5-7-12(8-6-11)19-10-9-16-13(17)3-1-2-4-14(16)18/h5-8H,1-4,9-10H2. The van der Waals surface area contributed by atoms with E-state index in [9.17, 15) is 9.59 Å². The number of hydrogen-bond donors (Lipinski definition) is 0. The molecule has 0 aliphatic carbocycles. The lowest BCUT2D eigenvalue weighted by Gasteiger charge is -2.18. The van der Waals surface area contributed by atoms with Crippen molar-refractivity contribution in [3.05, 3.63) is 28.7 Å². The van der Waals surface area contributed by atoms with Gasteiger partial charge in [-0.3, -0.25) is 14.5 Å². The van der Waals surface area contributed by atoms with Crippen molar-refractivity contribution in [1.29, 1.82) is 0 Å². The van der Waals surface area contributed by atoms with E-state index in [0.717, 1.165) is 23.1 Å². The highest BCUT2D eigenvalue weighted by molar-refractivity contribution is 9.10. The highest BCUT2D eigenvalue weighted by atomic mass is 79.9. The first-order chi connectivity index (χ1) is 9.16. The van der Waals surface area contributed by atoms with Gasteiger partial charge >= 0.3 is 0 Å². The molecule has 0 N–H and O–H groups in total. The number of amides is 2. The Bertz CT molecular complexity index is 440. The number of nitrogens with zero attached hydrogens (tertiary/aromatic N) is 1. The van der Waals surface area contributed by atoms with Gasteiger partial charge in [0.25, 0.3) is 0 Å². The molecule has 1 fully saturated rings. The van der Waals surface area contributed by atoms with Crippen LogP contribution in [0.1, 0.15) is 25.7 Å². The molecule has 1 aromatic rings. The van der Waals surface area contributed by atoms with Crippen molar-refractivity contribution in [2.24, 2.45) is 0 Å². The largest absolute Gasteiger partial charge is 0.492 e. The van der Waals surface area contributed by atoms with Crippen LogP contribution in [0.3, 0.4) is 0 Å². The maximum atomic E-state index is 11.8. The SMILES string of the molecule is O=C1CCCCC(=O)N1CCOc1ccc(Br)cc1. The highest BCUT2D eigenvalue weighted by Crippen LogP contribution is 2.16. The number of benzene rings is 1. The predicted octanol–water partition coefficient (Wildman–Crippen LogP) is 2.76. The first-order valence-corrected chi connectivity index (χ1v) is 7.17. The molecule has 0 unspecified atom stereocenters. The molecule has 1 heterocycles. The second-order valence-electron chi connectivity index (χ2n) is 4.45. The third kappa shape index (κ3) is 4.06. The number of likely N-dealkylation sites (tertiary alicyclic amines) is 1. The molecule has 0 aromatic heterocycles. The van der Waals surface area contributed by atoms with Crippen LogP contribution in [0, 0.1) is 0 Å². The van der Waals surface area contributed by atoms with Gasteiger partial charge in [-0.15, -0.1) is 0 Å². The number of ether oxygens (including phenoxy) is 1. The van der Waals surface area contributed by atoms with Crippen LogP contribution in [0.25, 0.3) is 0 Å². The monoisotopic (exact) mass is 325 g/mol. The summed E-state index contributed by atoms with van der Waals surface area (Å²) in [5.74, 6) is 0.571. The molecule has 0 bridgehead atoms. The van der Waals surface area contributed by atoms with Crippen LogP contribution in [0.4, 0.5) is 0 Å². The minimum atomic E-state index is -0.0816. The van der Waals surface area contributed by atoms with Crippen LogP contribution >= 0.6 is 15.9 Å². The molecule has 102 valence electrons. The third-order valence-corrected chi connectivity index (χ3v) is 3.56. The maximum Gasteiger partial charge on any atom is 0.229 e. The molecular formula is C14H16BrNO3. The van der Waals surface area contributed by atoms with E-state index in [-0.39, 0.29) is 11.8 Å². The molecule has 0 spiro atoms. The van der Waals surface area contributed by atoms with E-state index in [2.05, 4.69) is 15.9 Å². The molecule has 4 nitrogen and oxygen atoms in total. The second-order valence-corrected chi connectivity index (χ2v) is 5.36. The van der Waals surface area contributed by atoms with Crippen molar-refractivity contribution < 1.29 is 14.3 Å². The summed E-state index contributed by atoms with van der Waals surface area (Å²) in [6.45, 7) is 0.660. The van der Waals surface area contributed by atoms with Crippen LogP contribution in [0.2, 0.25) is 0 Å². The molecule has 1 aliphatic heterocycles. The number of halogens is 1. The smallest absolute Gasteiger partial charge is 0.229 e. The Morgan fingerprint density at radius 2 is 1.63 bits per heavy atom. The van der Waals surface area contributed by atoms with Crippen LogP contribution in [-0.2, 0) is 9.59 Å². The Labute approximate surface area is 120 Å². The zero-order chi connectivity index (χ0) is 13.7. The van der Waals surface area contributed by atoms with Crippen LogP contribution in [0.15, 0.2) is 28.7 Å². The predicted molar refractivity (Wildman–Crippen MR) is 74.8 cm³/mol. The number of carbonyl (C=O) groups excluding carboxylic acids is 2. The van der Waals surface area contributed by atoms with Gasteiger partial charge in [0.1, 0.15) is 12.4 Å². The van der Waals surface area contributed by atoms with E-state index < -0.39 is 0 Å². The number of rotatable bonds is 4. The lowest BCUT2D eigenvalue weighted by atomic mass is 10.2. The number of carbonyl (C=O) groups is 2. The molecule has 0 radical (unpaired) electrons. The van der Waals surface area contributed by atoms with Gasteiger partial charge in [-0.25, -0.2) is 0 Å². The Hall–Kier alpha value is -1.36. The van der Waals surface area contributed by atoms with Crippen LogP contribution in [0.5, 0.6) is 5.75 Å². The first kappa shape index (κ1) is 14.1. The van der Waals surface area contributed by atoms with Crippen molar-refractivity contribution in [3.63, 3.8) is 0 Å². The van der Waals surface area contributed by atoms with Crippen molar-refractivity contribution in [2.75, 3.05) is 13.2 Å². The van der Waals surface area contributed by atoms with Crippen molar-refractivity contribution in [3.8, 4) is 5.75 Å². The summed E-state index contributed by atoms with van der Waals surface area (Å²) in [6, 6.07) is 7.46. The summed E-state index contributed by atoms with van der Waals surface area (Å²) in [7, 11) is 0. The minimum Gasteiger partial charge on any atom is -0.492 e. The maximum absolute atomic E-state index is 11.8. The van der Waals surface area contributed by atoms with Crippen LogP contribution < -0.4 is 4.74 Å². The van der Waals surface area contributed by atoms with Gasteiger partial charge in [-0.2, -0.15) is 0 Å². The van der Waals surface area contributed by atoms with Crippen molar-refractivity contribution in [2.45, 2.75) is 25.7 Å². The van der Waals surface area contributed by atoms with E-state index in [1.807, 2.05) is 24.3 Å². The molecule has 2 rings (SSSR count). The van der Waals surface area contributed by atoms with Crippen molar-refractivity contribution in [1.82, 2.24) is 4.90 Å². The van der Waals surface area contributed by atoms with Gasteiger partial charge in [-0.1, -0.05) is 15.9 Å². The summed E-state index contributed by atoms with van der Waals surface area (Å²) < 4.78 is 6.52. The van der Waals surface area contributed by atoms with Crippen molar-refractivity contribution >= 4 is 27.7 Å². The molecule has 1 aromatic carbocycles. The van der Waals surface area contributed by atoms with Gasteiger partial charge < -0.3 is 4.74 Å². The molecule has 1 aliphatic rings. The summed E-state index contributed by atoms with van der Waals surface area (Å²) in [5.41, 5.74) is 0. The van der Waals surface area contributed by atoms with Gasteiger partial charge in [0.2, 0.25) is 11.8 Å². The zero-order valence-electron chi connectivity index (χ0n) is 10.6. The first-order valence-electron chi connectivity index (χ1n) is 6.38. The average Bonchev–Trinajstić information content (AvgIpc) is 2.55. The second kappa shape index (κ2) is 6.70. The van der Waals surface area contributed by atoms with E-state index in [0.29, 0.717) is 26.0 Å². The normalized spacial score (nSPS) is 16.4. The Kier molecular flexibility index (Phi) is 4.96. The molecule has 0 saturated carbocycles. The van der Waals surface area contributed by atoms with Gasteiger partial charge in [0.15, 0.2) is 0 Å². The van der Waals surface area contributed by atoms with Gasteiger partial charge in [0.05, 0.1) is 6.54 Å². The molecule has 5 heteroatoms. The molecule has 19 heavy (non-hydrogen) atoms. The number of hydrogen-bond acceptors (Lipinski definition) is 3. The lowest BCUT2D eigenvalue weighted by Crippen LogP contribution is -2.38. The fraction of sp³-hybridized carbons (Fsp3) is 0.429. The zero-order valence-corrected chi connectivity index (χ0v) is 12.2. The Morgan fingerprint density at radius 1 is 1.05 bits per heavy atom. The summed E-state index contributed by atoms with van der Waals surface area (Å²) in [4.78, 5) is 24.8. The third-order valence-electron chi connectivity index (χ3n) is 3.03. The summed E-state index contributed by atoms with van der Waals surface area (Å²) in [6.07, 6.45) is 2.53. The lowest BCUT2D eigenvalue weighted by molar-refractivity contribution is -0.144. The highest BCUT2D eigenvalue weighted by Gasteiger charge is 2.23. The minimum absolute atomic E-state index is 0.0816. The van der Waals surface area contributed by atoms with E-state index >= 15 is 0 Å². The van der Waals surface area contributed by atoms with E-state index in [1.54, 1.807) is 0 Å². The molecule has 1 saturated heterocycles. The van der Waals surface area contributed by atoms with Gasteiger partial charge in [0, 0.05) is 17.3 Å². The van der Waals surface area contributed by atoms with E-state index in [1.165, 1.54) is 4.90 Å². The quantitative estimate of drug-likeness (QED) is 0.800. The average molecular weight is 326 g/mol. The molecular weight excluding hydrogens is 310 g/mol. The van der Waals surface area contributed by atoms with Crippen LogP contribution in [-0.4, -0.2) is 29.9 Å². The summed E-state index contributed by atoms with van der Waals surface area (Å²) >= 11 is 3.35. The molecule has 0 atom stereocenters. The Balaban J connectivity index is 1.85. The Morgan fingerprint density at radius 3 is 2.21 bits per heavy atom. The topological polar surface area (TPSA) is 46.6 Å². The fourth-order valence-electron chi connectivity index (χ4n) is 2.00. The van der Waals surface area contributed by atoms with E-state index in [4.69, 9.17) is 4.74 Å². The fourth-order valence-corrected chi connectivity index (χ4v) is 2.26.